The normalized spacial score (nSPS) is 24.6. The first-order valence-corrected chi connectivity index (χ1v) is 9.34. The van der Waals surface area contributed by atoms with E-state index in [4.69, 9.17) is 0 Å². The first-order chi connectivity index (χ1) is 10.9. The topological polar surface area (TPSA) is 53.4 Å². The average molecular weight is 337 g/mol. The molecule has 1 aromatic heterocycles. The summed E-state index contributed by atoms with van der Waals surface area (Å²) in [7, 11) is 1.93. The van der Waals surface area contributed by atoms with E-state index in [1.807, 2.05) is 40.8 Å². The molecule has 0 bridgehead atoms. The third-order valence-corrected chi connectivity index (χ3v) is 5.82. The summed E-state index contributed by atoms with van der Waals surface area (Å²) < 4.78 is 1.98. The van der Waals surface area contributed by atoms with Crippen molar-refractivity contribution in [3.05, 3.63) is 12.4 Å². The quantitative estimate of drug-likeness (QED) is 0.896. The first-order valence-electron chi connectivity index (χ1n) is 8.36. The van der Waals surface area contributed by atoms with Crippen LogP contribution in [0.4, 0.5) is 10.5 Å². The Hall–Kier alpha value is -1.37. The van der Waals surface area contributed by atoms with E-state index < -0.39 is 0 Å². The molecule has 23 heavy (non-hydrogen) atoms. The third kappa shape index (κ3) is 4.13. The Morgan fingerprint density at radius 2 is 2.26 bits per heavy atom. The van der Waals surface area contributed by atoms with Crippen molar-refractivity contribution in [1.29, 1.82) is 0 Å². The molecule has 2 aliphatic rings. The summed E-state index contributed by atoms with van der Waals surface area (Å²) in [4.78, 5) is 16.9. The highest BCUT2D eigenvalue weighted by atomic mass is 32.2. The first kappa shape index (κ1) is 16.5. The molecule has 0 saturated carbocycles. The van der Waals surface area contributed by atoms with Crippen LogP contribution in [0.3, 0.4) is 0 Å². The van der Waals surface area contributed by atoms with Gasteiger partial charge in [0.15, 0.2) is 0 Å². The number of thioether (sulfide) groups is 1. The number of carbonyl (C=O) groups excluding carboxylic acids is 1. The van der Waals surface area contributed by atoms with E-state index in [9.17, 15) is 4.79 Å². The monoisotopic (exact) mass is 337 g/mol. The van der Waals surface area contributed by atoms with E-state index in [2.05, 4.69) is 29.2 Å². The van der Waals surface area contributed by atoms with Crippen LogP contribution in [0.15, 0.2) is 12.4 Å². The number of aromatic nitrogens is 2. The number of piperidine rings is 1. The van der Waals surface area contributed by atoms with Gasteiger partial charge in [0.25, 0.3) is 0 Å². The molecule has 0 radical (unpaired) electrons. The van der Waals surface area contributed by atoms with Crippen LogP contribution >= 0.6 is 11.8 Å². The number of amides is 2. The Kier molecular flexibility index (Phi) is 4.75. The Balaban J connectivity index is 1.56. The van der Waals surface area contributed by atoms with Crippen molar-refractivity contribution in [2.24, 2.45) is 7.05 Å². The fourth-order valence-corrected chi connectivity index (χ4v) is 4.47. The fourth-order valence-electron chi connectivity index (χ4n) is 3.36. The number of hydrogen-bond donors (Lipinski definition) is 1. The minimum atomic E-state index is 0.0939. The molecule has 7 heteroatoms. The Labute approximate surface area is 142 Å². The lowest BCUT2D eigenvalue weighted by Crippen LogP contribution is -2.55. The van der Waals surface area contributed by atoms with E-state index in [0.29, 0.717) is 0 Å². The maximum absolute atomic E-state index is 12.6. The molecule has 0 aromatic carbocycles. The fraction of sp³-hybridized carbons (Fsp3) is 0.750. The lowest BCUT2D eigenvalue weighted by atomic mass is 10.1. The SMILES string of the molecule is Cn1cc(N2CCCC(NC(=O)N3CCSC(C)(C)C3)C2)cn1. The molecular weight excluding hydrogens is 310 g/mol. The van der Waals surface area contributed by atoms with E-state index in [1.165, 1.54) is 0 Å². The minimum Gasteiger partial charge on any atom is -0.367 e. The smallest absolute Gasteiger partial charge is 0.317 e. The van der Waals surface area contributed by atoms with Gasteiger partial charge >= 0.3 is 6.03 Å². The standard InChI is InChI=1S/C16H27N5OS/c1-16(2)12-21(7-8-23-16)15(22)18-13-5-4-6-20(10-13)14-9-17-19(3)11-14/h9,11,13H,4-8,10,12H2,1-3H3,(H,18,22). The summed E-state index contributed by atoms with van der Waals surface area (Å²) in [5, 5.41) is 7.49. The summed E-state index contributed by atoms with van der Waals surface area (Å²) in [5.41, 5.74) is 1.14. The van der Waals surface area contributed by atoms with Crippen LogP contribution in [0.5, 0.6) is 0 Å². The van der Waals surface area contributed by atoms with E-state index >= 15 is 0 Å². The highest BCUT2D eigenvalue weighted by molar-refractivity contribution is 8.00. The molecule has 1 atom stereocenters. The highest BCUT2D eigenvalue weighted by Gasteiger charge is 2.31. The van der Waals surface area contributed by atoms with Gasteiger partial charge in [-0.05, 0) is 26.7 Å². The summed E-state index contributed by atoms with van der Waals surface area (Å²) in [6.45, 7) is 7.99. The van der Waals surface area contributed by atoms with Crippen molar-refractivity contribution in [1.82, 2.24) is 20.0 Å². The predicted octanol–water partition coefficient (Wildman–Crippen LogP) is 1.93. The molecule has 2 saturated heterocycles. The van der Waals surface area contributed by atoms with Crippen LogP contribution in [0.2, 0.25) is 0 Å². The van der Waals surface area contributed by atoms with Crippen LogP contribution in [-0.2, 0) is 7.05 Å². The van der Waals surface area contributed by atoms with Crippen molar-refractivity contribution in [2.45, 2.75) is 37.5 Å². The molecule has 0 spiro atoms. The van der Waals surface area contributed by atoms with Gasteiger partial charge in [0.1, 0.15) is 0 Å². The van der Waals surface area contributed by atoms with E-state index in [0.717, 1.165) is 50.5 Å². The summed E-state index contributed by atoms with van der Waals surface area (Å²) in [5.74, 6) is 1.02. The lowest BCUT2D eigenvalue weighted by molar-refractivity contribution is 0.189. The second-order valence-corrected chi connectivity index (χ2v) is 8.94. The summed E-state index contributed by atoms with van der Waals surface area (Å²) >= 11 is 1.95. The van der Waals surface area contributed by atoms with Gasteiger partial charge in [-0.15, -0.1) is 0 Å². The third-order valence-electron chi connectivity index (χ3n) is 4.52. The van der Waals surface area contributed by atoms with Crippen molar-refractivity contribution < 1.29 is 4.79 Å². The van der Waals surface area contributed by atoms with Crippen LogP contribution in [-0.4, -0.2) is 63.4 Å². The molecule has 2 fully saturated rings. The summed E-state index contributed by atoms with van der Waals surface area (Å²) in [6, 6.07) is 0.311. The highest BCUT2D eigenvalue weighted by Crippen LogP contribution is 2.29. The van der Waals surface area contributed by atoms with Gasteiger partial charge in [-0.2, -0.15) is 16.9 Å². The molecule has 2 amide bonds. The minimum absolute atomic E-state index is 0.0939. The number of aryl methyl sites for hydroxylation is 1. The van der Waals surface area contributed by atoms with Crippen molar-refractivity contribution in [3.63, 3.8) is 0 Å². The summed E-state index contributed by atoms with van der Waals surface area (Å²) in [6.07, 6.45) is 6.08. The van der Waals surface area contributed by atoms with Crippen molar-refractivity contribution >= 4 is 23.5 Å². The molecule has 1 N–H and O–H groups in total. The maximum Gasteiger partial charge on any atom is 0.317 e. The largest absolute Gasteiger partial charge is 0.367 e. The molecule has 2 aliphatic heterocycles. The number of hydrogen-bond acceptors (Lipinski definition) is 4. The number of rotatable bonds is 2. The Morgan fingerprint density at radius 1 is 1.43 bits per heavy atom. The molecular formula is C16H27N5OS. The van der Waals surface area contributed by atoms with E-state index in [1.54, 1.807) is 0 Å². The van der Waals surface area contributed by atoms with Gasteiger partial charge in [0.2, 0.25) is 0 Å². The number of anilines is 1. The maximum atomic E-state index is 12.6. The zero-order valence-corrected chi connectivity index (χ0v) is 15.1. The van der Waals surface area contributed by atoms with Gasteiger partial charge in [-0.1, -0.05) is 0 Å². The van der Waals surface area contributed by atoms with Crippen molar-refractivity contribution in [3.8, 4) is 0 Å². The van der Waals surface area contributed by atoms with Gasteiger partial charge in [0.05, 0.1) is 11.9 Å². The van der Waals surface area contributed by atoms with Crippen LogP contribution in [0, 0.1) is 0 Å². The number of nitrogens with one attached hydrogen (secondary N) is 1. The zero-order chi connectivity index (χ0) is 16.4. The second kappa shape index (κ2) is 6.63. The van der Waals surface area contributed by atoms with Gasteiger partial charge in [-0.3, -0.25) is 4.68 Å². The van der Waals surface area contributed by atoms with Gasteiger partial charge in [-0.25, -0.2) is 4.79 Å². The van der Waals surface area contributed by atoms with Crippen LogP contribution < -0.4 is 10.2 Å². The number of urea groups is 1. The Bertz CT molecular complexity index is 558. The predicted molar refractivity (Wildman–Crippen MR) is 95.1 cm³/mol. The molecule has 128 valence electrons. The molecule has 6 nitrogen and oxygen atoms in total. The van der Waals surface area contributed by atoms with Crippen LogP contribution in [0.1, 0.15) is 26.7 Å². The van der Waals surface area contributed by atoms with Gasteiger partial charge < -0.3 is 15.1 Å². The van der Waals surface area contributed by atoms with E-state index in [-0.39, 0.29) is 16.8 Å². The second-order valence-electron chi connectivity index (χ2n) is 7.14. The molecule has 1 aromatic rings. The Morgan fingerprint density at radius 3 is 2.96 bits per heavy atom. The molecule has 3 rings (SSSR count). The van der Waals surface area contributed by atoms with Crippen LogP contribution in [0.25, 0.3) is 0 Å². The lowest BCUT2D eigenvalue weighted by Gasteiger charge is -2.39. The molecule has 1 unspecified atom stereocenters. The molecule has 0 aliphatic carbocycles. The molecule has 3 heterocycles. The van der Waals surface area contributed by atoms with Gasteiger partial charge in [0, 0.05) is 56.0 Å². The number of carbonyl (C=O) groups is 1. The zero-order valence-electron chi connectivity index (χ0n) is 14.3. The van der Waals surface area contributed by atoms with Crippen molar-refractivity contribution in [2.75, 3.05) is 36.8 Å². The number of nitrogens with zero attached hydrogens (tertiary/aromatic N) is 4. The average Bonchev–Trinajstić information content (AvgIpc) is 2.93.